The second-order valence-corrected chi connectivity index (χ2v) is 7.74. The maximum atomic E-state index is 12.7. The predicted molar refractivity (Wildman–Crippen MR) is 106 cm³/mol. The van der Waals surface area contributed by atoms with E-state index in [1.165, 1.54) is 34.3 Å². The smallest absolute Gasteiger partial charge is 0.244 e. The van der Waals surface area contributed by atoms with Crippen molar-refractivity contribution in [1.82, 2.24) is 4.72 Å². The van der Waals surface area contributed by atoms with Gasteiger partial charge in [-0.2, -0.15) is 4.72 Å². The SMILES string of the molecule is COc1ccc(NC(=O)[C@H](C)NS(=O)(=O)c2cc(C)ccc2OC)cc1OC. The molecule has 152 valence electrons. The van der Waals surface area contributed by atoms with Gasteiger partial charge in [-0.1, -0.05) is 6.07 Å². The van der Waals surface area contributed by atoms with Gasteiger partial charge in [0.2, 0.25) is 15.9 Å². The minimum Gasteiger partial charge on any atom is -0.495 e. The summed E-state index contributed by atoms with van der Waals surface area (Å²) in [7, 11) is 0.408. The minimum absolute atomic E-state index is 0.0271. The number of amides is 1. The van der Waals surface area contributed by atoms with Crippen LogP contribution >= 0.6 is 0 Å². The van der Waals surface area contributed by atoms with E-state index in [-0.39, 0.29) is 10.6 Å². The first kappa shape index (κ1) is 21.5. The molecule has 0 bridgehead atoms. The summed E-state index contributed by atoms with van der Waals surface area (Å²) < 4.78 is 43.3. The number of methoxy groups -OCH3 is 3. The summed E-state index contributed by atoms with van der Waals surface area (Å²) >= 11 is 0. The van der Waals surface area contributed by atoms with Crippen molar-refractivity contribution in [2.75, 3.05) is 26.6 Å². The Morgan fingerprint density at radius 2 is 1.54 bits per heavy atom. The highest BCUT2D eigenvalue weighted by atomic mass is 32.2. The van der Waals surface area contributed by atoms with Gasteiger partial charge in [-0.05, 0) is 43.7 Å². The largest absolute Gasteiger partial charge is 0.495 e. The van der Waals surface area contributed by atoms with Crippen LogP contribution in [-0.4, -0.2) is 41.7 Å². The molecule has 0 aliphatic heterocycles. The monoisotopic (exact) mass is 408 g/mol. The number of carbonyl (C=O) groups is 1. The first-order chi connectivity index (χ1) is 13.2. The van der Waals surface area contributed by atoms with E-state index in [1.807, 2.05) is 0 Å². The molecular formula is C19H24N2O6S. The van der Waals surface area contributed by atoms with Crippen molar-refractivity contribution in [3.8, 4) is 17.2 Å². The van der Waals surface area contributed by atoms with Gasteiger partial charge in [0.15, 0.2) is 11.5 Å². The topological polar surface area (TPSA) is 103 Å². The molecule has 28 heavy (non-hydrogen) atoms. The third-order valence-electron chi connectivity index (χ3n) is 3.98. The Bertz CT molecular complexity index is 959. The fourth-order valence-corrected chi connectivity index (χ4v) is 3.96. The molecule has 0 spiro atoms. The maximum Gasteiger partial charge on any atom is 0.244 e. The van der Waals surface area contributed by atoms with E-state index >= 15 is 0 Å². The lowest BCUT2D eigenvalue weighted by Crippen LogP contribution is -2.41. The summed E-state index contributed by atoms with van der Waals surface area (Å²) in [4.78, 5) is 12.4. The maximum absolute atomic E-state index is 12.7. The number of aryl methyl sites for hydroxylation is 1. The Morgan fingerprint density at radius 3 is 2.14 bits per heavy atom. The van der Waals surface area contributed by atoms with Gasteiger partial charge in [-0.25, -0.2) is 8.42 Å². The number of sulfonamides is 1. The highest BCUT2D eigenvalue weighted by molar-refractivity contribution is 7.89. The molecule has 0 aromatic heterocycles. The van der Waals surface area contributed by atoms with Gasteiger partial charge in [0.05, 0.1) is 27.4 Å². The van der Waals surface area contributed by atoms with Crippen LogP contribution < -0.4 is 24.2 Å². The van der Waals surface area contributed by atoms with Gasteiger partial charge in [0, 0.05) is 11.8 Å². The molecular weight excluding hydrogens is 384 g/mol. The molecule has 1 atom stereocenters. The van der Waals surface area contributed by atoms with Crippen LogP contribution in [0.15, 0.2) is 41.3 Å². The predicted octanol–water partition coefficient (Wildman–Crippen LogP) is 2.33. The van der Waals surface area contributed by atoms with Crippen molar-refractivity contribution in [2.45, 2.75) is 24.8 Å². The number of hydrogen-bond acceptors (Lipinski definition) is 6. The molecule has 2 rings (SSSR count). The summed E-state index contributed by atoms with van der Waals surface area (Å²) in [5.74, 6) is 0.631. The third kappa shape index (κ3) is 4.93. The van der Waals surface area contributed by atoms with Gasteiger partial charge < -0.3 is 19.5 Å². The number of carbonyl (C=O) groups excluding carboxylic acids is 1. The lowest BCUT2D eigenvalue weighted by atomic mass is 10.2. The highest BCUT2D eigenvalue weighted by Gasteiger charge is 2.25. The second-order valence-electron chi connectivity index (χ2n) is 6.06. The van der Waals surface area contributed by atoms with Crippen LogP contribution in [0.2, 0.25) is 0 Å². The van der Waals surface area contributed by atoms with Gasteiger partial charge in [0.25, 0.3) is 0 Å². The number of anilines is 1. The molecule has 2 aromatic rings. The van der Waals surface area contributed by atoms with Gasteiger partial charge in [0.1, 0.15) is 10.6 Å². The van der Waals surface area contributed by atoms with E-state index in [4.69, 9.17) is 14.2 Å². The summed E-state index contributed by atoms with van der Waals surface area (Å²) in [6.45, 7) is 3.22. The van der Waals surface area contributed by atoms with Crippen LogP contribution in [-0.2, 0) is 14.8 Å². The summed E-state index contributed by atoms with van der Waals surface area (Å²) in [6, 6.07) is 8.62. The van der Waals surface area contributed by atoms with Gasteiger partial charge in [-0.15, -0.1) is 0 Å². The minimum atomic E-state index is -3.97. The van der Waals surface area contributed by atoms with Crippen LogP contribution in [0.25, 0.3) is 0 Å². The van der Waals surface area contributed by atoms with Crippen molar-refractivity contribution < 1.29 is 27.4 Å². The third-order valence-corrected chi connectivity index (χ3v) is 5.55. The Morgan fingerprint density at radius 1 is 0.929 bits per heavy atom. The zero-order valence-corrected chi connectivity index (χ0v) is 17.2. The standard InChI is InChI=1S/C19H24N2O6S/c1-12-6-8-16(26-4)18(10-12)28(23,24)21-13(2)19(22)20-14-7-9-15(25-3)17(11-14)27-5/h6-11,13,21H,1-5H3,(H,20,22)/t13-/m0/s1. The normalized spacial score (nSPS) is 12.2. The van der Waals surface area contributed by atoms with Crippen molar-refractivity contribution >= 4 is 21.6 Å². The van der Waals surface area contributed by atoms with E-state index in [0.29, 0.717) is 17.2 Å². The van der Waals surface area contributed by atoms with Crippen molar-refractivity contribution in [1.29, 1.82) is 0 Å². The average Bonchev–Trinajstić information content (AvgIpc) is 2.67. The van der Waals surface area contributed by atoms with Gasteiger partial charge >= 0.3 is 0 Å². The van der Waals surface area contributed by atoms with Crippen LogP contribution in [0.5, 0.6) is 17.2 Å². The van der Waals surface area contributed by atoms with Crippen LogP contribution in [0.4, 0.5) is 5.69 Å². The molecule has 2 N–H and O–H groups in total. The fraction of sp³-hybridized carbons (Fsp3) is 0.316. The van der Waals surface area contributed by atoms with Crippen molar-refractivity contribution in [3.63, 3.8) is 0 Å². The lowest BCUT2D eigenvalue weighted by molar-refractivity contribution is -0.117. The Balaban J connectivity index is 2.17. The summed E-state index contributed by atoms with van der Waals surface area (Å²) in [5, 5.41) is 2.65. The molecule has 0 aliphatic carbocycles. The first-order valence-corrected chi connectivity index (χ1v) is 9.90. The van der Waals surface area contributed by atoms with Crippen molar-refractivity contribution in [3.05, 3.63) is 42.0 Å². The molecule has 0 fully saturated rings. The zero-order chi connectivity index (χ0) is 20.9. The lowest BCUT2D eigenvalue weighted by Gasteiger charge is -2.17. The Kier molecular flexibility index (Phi) is 6.87. The molecule has 0 saturated carbocycles. The van der Waals surface area contributed by atoms with Crippen LogP contribution in [0.1, 0.15) is 12.5 Å². The van der Waals surface area contributed by atoms with Gasteiger partial charge in [-0.3, -0.25) is 4.79 Å². The molecule has 0 aliphatic rings. The molecule has 0 radical (unpaired) electrons. The van der Waals surface area contributed by atoms with E-state index in [1.54, 1.807) is 37.3 Å². The number of nitrogens with one attached hydrogen (secondary N) is 2. The number of ether oxygens (including phenoxy) is 3. The molecule has 9 heteroatoms. The van der Waals surface area contributed by atoms with Crippen LogP contribution in [0, 0.1) is 6.92 Å². The summed E-state index contributed by atoms with van der Waals surface area (Å²) in [6.07, 6.45) is 0. The molecule has 0 heterocycles. The van der Waals surface area contributed by atoms with E-state index in [0.717, 1.165) is 5.56 Å². The van der Waals surface area contributed by atoms with E-state index < -0.39 is 22.0 Å². The summed E-state index contributed by atoms with van der Waals surface area (Å²) in [5.41, 5.74) is 1.20. The molecule has 1 amide bonds. The average molecular weight is 408 g/mol. The molecule has 0 unspecified atom stereocenters. The first-order valence-electron chi connectivity index (χ1n) is 8.41. The fourth-order valence-electron chi connectivity index (χ4n) is 2.51. The Labute approximate surface area is 164 Å². The number of rotatable bonds is 8. The molecule has 2 aromatic carbocycles. The zero-order valence-electron chi connectivity index (χ0n) is 16.4. The number of benzene rings is 2. The molecule has 8 nitrogen and oxygen atoms in total. The number of hydrogen-bond donors (Lipinski definition) is 2. The Hall–Kier alpha value is -2.78. The molecule has 0 saturated heterocycles. The van der Waals surface area contributed by atoms with E-state index in [9.17, 15) is 13.2 Å². The quantitative estimate of drug-likeness (QED) is 0.695. The van der Waals surface area contributed by atoms with Crippen LogP contribution in [0.3, 0.4) is 0 Å². The van der Waals surface area contributed by atoms with Crippen molar-refractivity contribution in [2.24, 2.45) is 0 Å². The highest BCUT2D eigenvalue weighted by Crippen LogP contribution is 2.30. The second kappa shape index (κ2) is 8.94. The van der Waals surface area contributed by atoms with E-state index in [2.05, 4.69) is 10.0 Å².